The monoisotopic (exact) mass is 548 g/mol. The molecule has 1 fully saturated rings. The Kier molecular flexibility index (Phi) is 8.25. The van der Waals surface area contributed by atoms with Crippen LogP contribution in [0.1, 0.15) is 35.7 Å². The number of hydrogen-bond donors (Lipinski definition) is 2. The van der Waals surface area contributed by atoms with Crippen molar-refractivity contribution in [3.05, 3.63) is 78.5 Å². The van der Waals surface area contributed by atoms with Crippen LogP contribution in [0.2, 0.25) is 0 Å². The lowest BCUT2D eigenvalue weighted by Gasteiger charge is -2.33. The molecule has 0 aliphatic carbocycles. The van der Waals surface area contributed by atoms with E-state index in [1.807, 2.05) is 23.0 Å². The maximum atomic E-state index is 14.1. The van der Waals surface area contributed by atoms with Crippen molar-refractivity contribution in [2.75, 3.05) is 32.1 Å². The van der Waals surface area contributed by atoms with Crippen LogP contribution in [0.25, 0.3) is 11.3 Å². The summed E-state index contributed by atoms with van der Waals surface area (Å²) in [5.41, 5.74) is 8.15. The molecule has 0 saturated carbocycles. The summed E-state index contributed by atoms with van der Waals surface area (Å²) < 4.78 is 34.7. The molecule has 40 heavy (non-hydrogen) atoms. The molecule has 1 atom stereocenters. The molecular weight excluding hydrogens is 518 g/mol. The van der Waals surface area contributed by atoms with Crippen molar-refractivity contribution in [1.29, 1.82) is 0 Å². The second-order valence-electron chi connectivity index (χ2n) is 9.67. The van der Waals surface area contributed by atoms with Crippen LogP contribution < -0.4 is 15.8 Å². The molecule has 208 valence electrons. The fourth-order valence-corrected chi connectivity index (χ4v) is 4.92. The Hall–Kier alpha value is -4.45. The smallest absolute Gasteiger partial charge is 0.256 e. The molecule has 1 amide bonds. The fourth-order valence-electron chi connectivity index (χ4n) is 4.92. The highest BCUT2D eigenvalue weighted by atomic mass is 19.1. The normalized spacial score (nSPS) is 14.7. The van der Waals surface area contributed by atoms with Crippen LogP contribution >= 0.6 is 0 Å². The van der Waals surface area contributed by atoms with Gasteiger partial charge in [0.25, 0.3) is 5.91 Å². The van der Waals surface area contributed by atoms with Gasteiger partial charge in [-0.25, -0.2) is 18.7 Å². The zero-order valence-electron chi connectivity index (χ0n) is 22.0. The van der Waals surface area contributed by atoms with Crippen molar-refractivity contribution >= 4 is 17.5 Å². The number of halogens is 2. The average molecular weight is 549 g/mol. The minimum absolute atomic E-state index is 0.0589. The second kappa shape index (κ2) is 12.2. The van der Waals surface area contributed by atoms with Crippen LogP contribution in [0.3, 0.4) is 0 Å². The third-order valence-electron chi connectivity index (χ3n) is 7.08. The Labute approximate surface area is 230 Å². The number of nitrogens with two attached hydrogens (primary N) is 1. The highest BCUT2D eigenvalue weighted by Crippen LogP contribution is 2.31. The van der Waals surface area contributed by atoms with Crippen molar-refractivity contribution in [1.82, 2.24) is 29.6 Å². The summed E-state index contributed by atoms with van der Waals surface area (Å²) in [6.45, 7) is 1.37. The van der Waals surface area contributed by atoms with E-state index in [9.17, 15) is 13.6 Å². The van der Waals surface area contributed by atoms with Crippen LogP contribution in [0.15, 0.2) is 61.3 Å². The van der Waals surface area contributed by atoms with E-state index in [0.29, 0.717) is 42.9 Å². The molecule has 3 N–H and O–H groups in total. The summed E-state index contributed by atoms with van der Waals surface area (Å²) in [5, 5.41) is 7.71. The number of nitrogens with one attached hydrogen (secondary N) is 1. The summed E-state index contributed by atoms with van der Waals surface area (Å²) in [4.78, 5) is 27.4. The number of benzene rings is 1. The first-order valence-corrected chi connectivity index (χ1v) is 13.0. The van der Waals surface area contributed by atoms with E-state index in [0.717, 1.165) is 42.6 Å². The van der Waals surface area contributed by atoms with Gasteiger partial charge in [0.2, 0.25) is 5.95 Å². The van der Waals surface area contributed by atoms with Crippen LogP contribution in [0.4, 0.5) is 20.4 Å². The number of anilines is 2. The molecule has 10 nitrogen and oxygen atoms in total. The topological polar surface area (TPSA) is 124 Å². The molecule has 1 saturated heterocycles. The van der Waals surface area contributed by atoms with E-state index in [1.54, 1.807) is 36.8 Å². The highest BCUT2D eigenvalue weighted by Gasteiger charge is 2.27. The number of likely N-dealkylation sites (tertiary alicyclic amines) is 1. The molecule has 1 unspecified atom stereocenters. The average Bonchev–Trinajstić information content (AvgIpc) is 3.46. The van der Waals surface area contributed by atoms with E-state index in [-0.39, 0.29) is 11.6 Å². The molecule has 1 aliphatic heterocycles. The van der Waals surface area contributed by atoms with Crippen LogP contribution in [-0.2, 0) is 0 Å². The van der Waals surface area contributed by atoms with Crippen molar-refractivity contribution in [3.63, 3.8) is 0 Å². The lowest BCUT2D eigenvalue weighted by molar-refractivity contribution is 0.0674. The molecular formula is C28H30F2N8O2. The van der Waals surface area contributed by atoms with Gasteiger partial charge >= 0.3 is 0 Å². The Morgan fingerprint density at radius 3 is 2.73 bits per heavy atom. The molecule has 1 aromatic carbocycles. The number of pyridine rings is 1. The first-order valence-electron chi connectivity index (χ1n) is 13.0. The zero-order chi connectivity index (χ0) is 28.1. The van der Waals surface area contributed by atoms with Crippen molar-refractivity contribution in [2.45, 2.75) is 25.3 Å². The number of rotatable bonds is 9. The lowest BCUT2D eigenvalue weighted by Crippen LogP contribution is -2.39. The lowest BCUT2D eigenvalue weighted by atomic mass is 9.90. The number of aromatic nitrogens is 5. The number of carbonyl (C=O) groups is 1. The molecule has 0 spiro atoms. The number of nitrogens with zero attached hydrogens (tertiary/aromatic N) is 6. The minimum atomic E-state index is -0.843. The fraction of sp³-hybridized carbons (Fsp3) is 0.321. The highest BCUT2D eigenvalue weighted by molar-refractivity contribution is 5.94. The molecule has 0 radical (unpaired) electrons. The molecule has 1 aliphatic rings. The van der Waals surface area contributed by atoms with E-state index in [1.165, 1.54) is 6.07 Å². The minimum Gasteiger partial charge on any atom is -0.493 e. The molecule has 3 aromatic heterocycles. The standard InChI is InChI=1S/C28H30F2N8O2/c1-40-25-16-33-28(35-21-3-2-8-32-15-21)36-26(25)19-14-34-38(17-19)22(13-31)11-18-6-9-37(10-7-18)27(39)23-5-4-20(29)12-24(23)30/h2-5,8,12,14-18,22H,6-7,9-11,13,31H2,1H3,(H,33,35,36). The SMILES string of the molecule is COc1cnc(Nc2cccnc2)nc1-c1cnn(C(CN)CC2CCN(C(=O)c3ccc(F)cc3F)CC2)c1. The summed E-state index contributed by atoms with van der Waals surface area (Å²) in [6, 6.07) is 6.66. The van der Waals surface area contributed by atoms with E-state index in [2.05, 4.69) is 25.4 Å². The van der Waals surface area contributed by atoms with Gasteiger partial charge in [0.05, 0.1) is 43.0 Å². The Morgan fingerprint density at radius 2 is 2.02 bits per heavy atom. The second-order valence-corrected chi connectivity index (χ2v) is 9.67. The Morgan fingerprint density at radius 1 is 1.20 bits per heavy atom. The van der Waals surface area contributed by atoms with Crippen molar-refractivity contribution < 1.29 is 18.3 Å². The summed E-state index contributed by atoms with van der Waals surface area (Å²) >= 11 is 0. The number of methoxy groups -OCH3 is 1. The first kappa shape index (κ1) is 27.1. The predicted octanol–water partition coefficient (Wildman–Crippen LogP) is 4.21. The number of ether oxygens (including phenoxy) is 1. The van der Waals surface area contributed by atoms with Crippen LogP contribution in [0.5, 0.6) is 5.75 Å². The Balaban J connectivity index is 1.24. The summed E-state index contributed by atoms with van der Waals surface area (Å²) in [7, 11) is 1.56. The van der Waals surface area contributed by atoms with Crippen LogP contribution in [0, 0.1) is 17.6 Å². The third-order valence-corrected chi connectivity index (χ3v) is 7.08. The molecule has 5 rings (SSSR count). The number of carbonyl (C=O) groups excluding carboxylic acids is 1. The van der Waals surface area contributed by atoms with Gasteiger partial charge in [0.15, 0.2) is 5.75 Å². The number of amides is 1. The molecule has 12 heteroatoms. The largest absolute Gasteiger partial charge is 0.493 e. The van der Waals surface area contributed by atoms with Gasteiger partial charge in [-0.05, 0) is 49.4 Å². The van der Waals surface area contributed by atoms with Gasteiger partial charge in [-0.15, -0.1) is 0 Å². The van der Waals surface area contributed by atoms with Crippen molar-refractivity contribution in [2.24, 2.45) is 11.7 Å². The van der Waals surface area contributed by atoms with Crippen LogP contribution in [-0.4, -0.2) is 62.3 Å². The van der Waals surface area contributed by atoms with Gasteiger partial charge < -0.3 is 20.7 Å². The van der Waals surface area contributed by atoms with E-state index >= 15 is 0 Å². The van der Waals surface area contributed by atoms with E-state index in [4.69, 9.17) is 10.5 Å². The maximum absolute atomic E-state index is 14.1. The van der Waals surface area contributed by atoms with Gasteiger partial charge in [-0.3, -0.25) is 14.5 Å². The van der Waals surface area contributed by atoms with Crippen molar-refractivity contribution in [3.8, 4) is 17.0 Å². The van der Waals surface area contributed by atoms with Gasteiger partial charge in [0.1, 0.15) is 17.3 Å². The third kappa shape index (κ3) is 6.07. The predicted molar refractivity (Wildman–Crippen MR) is 145 cm³/mol. The zero-order valence-corrected chi connectivity index (χ0v) is 22.0. The quantitative estimate of drug-likeness (QED) is 0.319. The van der Waals surface area contributed by atoms with E-state index < -0.39 is 17.5 Å². The number of hydrogen-bond acceptors (Lipinski definition) is 8. The first-order chi connectivity index (χ1) is 19.4. The molecule has 4 aromatic rings. The van der Waals surface area contributed by atoms with Gasteiger partial charge in [-0.1, -0.05) is 0 Å². The van der Waals surface area contributed by atoms with Gasteiger partial charge in [-0.2, -0.15) is 5.10 Å². The summed E-state index contributed by atoms with van der Waals surface area (Å²) in [5.74, 6) is -0.747. The summed E-state index contributed by atoms with van der Waals surface area (Å²) in [6.07, 6.45) is 10.9. The maximum Gasteiger partial charge on any atom is 0.256 e. The molecule has 0 bridgehead atoms. The number of piperidine rings is 1. The van der Waals surface area contributed by atoms with Gasteiger partial charge in [0, 0.05) is 43.7 Å². The Bertz CT molecular complexity index is 1460. The molecule has 4 heterocycles.